The van der Waals surface area contributed by atoms with E-state index in [9.17, 15) is 0 Å². The molecule has 3 heteroatoms. The number of rotatable bonds is 5. The molecule has 0 aromatic rings. The molecular formula is C29H49BrO2. The van der Waals surface area contributed by atoms with Crippen LogP contribution >= 0.6 is 15.9 Å². The summed E-state index contributed by atoms with van der Waals surface area (Å²) in [6.45, 7) is 14.3. The van der Waals surface area contributed by atoms with Crippen LogP contribution in [0.4, 0.5) is 0 Å². The first kappa shape index (κ1) is 24.1. The Morgan fingerprint density at radius 2 is 1.56 bits per heavy atom. The topological polar surface area (TPSA) is 18.5 Å². The van der Waals surface area contributed by atoms with Gasteiger partial charge in [0.05, 0.1) is 18.0 Å². The normalized spacial score (nSPS) is 48.5. The Kier molecular flexibility index (Phi) is 6.64. The van der Waals surface area contributed by atoms with Crippen molar-refractivity contribution in [2.45, 2.75) is 116 Å². The second-order valence-corrected chi connectivity index (χ2v) is 14.7. The molecule has 0 N–H and O–H groups in total. The Morgan fingerprint density at radius 3 is 2.28 bits per heavy atom. The number of ether oxygens (including phenoxy) is 2. The van der Waals surface area contributed by atoms with Gasteiger partial charge < -0.3 is 9.47 Å². The smallest absolute Gasteiger partial charge is 0.181 e. The molecule has 1 saturated heterocycles. The van der Waals surface area contributed by atoms with E-state index in [2.05, 4.69) is 50.5 Å². The summed E-state index contributed by atoms with van der Waals surface area (Å²) >= 11 is 4.07. The lowest BCUT2D eigenvalue weighted by Gasteiger charge is -2.63. The quantitative estimate of drug-likeness (QED) is 0.348. The zero-order chi connectivity index (χ0) is 22.7. The van der Waals surface area contributed by atoms with E-state index >= 15 is 0 Å². The lowest BCUT2D eigenvalue weighted by molar-refractivity contribution is -0.223. The van der Waals surface area contributed by atoms with E-state index in [1.54, 1.807) is 0 Å². The first-order valence-electron chi connectivity index (χ1n) is 14.1. The molecule has 0 amide bonds. The standard InChI is InChI=1S/C29H49BrO2/c1-19(2)7-6-8-20(3)23-11-12-24-22-10-9-21-17-29(31-15-16-32-29)26(30)18-28(21,5)25(22)13-14-27(23,24)4/h19-26H,6-18H2,1-5H3/t20-,21+,22+,23-,24+,25+,26+,27-,28+/m1/s1. The third-order valence-electron chi connectivity index (χ3n) is 11.7. The van der Waals surface area contributed by atoms with E-state index in [0.29, 0.717) is 15.7 Å². The van der Waals surface area contributed by atoms with Crippen molar-refractivity contribution >= 4 is 15.9 Å². The van der Waals surface area contributed by atoms with E-state index in [1.165, 1.54) is 64.2 Å². The van der Waals surface area contributed by atoms with Gasteiger partial charge in [0.2, 0.25) is 0 Å². The van der Waals surface area contributed by atoms with Crippen LogP contribution in [0, 0.1) is 52.3 Å². The van der Waals surface area contributed by atoms with Crippen molar-refractivity contribution < 1.29 is 9.47 Å². The zero-order valence-electron chi connectivity index (χ0n) is 21.5. The summed E-state index contributed by atoms with van der Waals surface area (Å²) in [6, 6.07) is 0. The molecule has 4 aliphatic carbocycles. The van der Waals surface area contributed by atoms with Crippen LogP contribution in [0.1, 0.15) is 105 Å². The molecule has 9 atom stereocenters. The molecule has 5 rings (SSSR count). The Hall–Kier alpha value is 0.400. The van der Waals surface area contributed by atoms with Gasteiger partial charge in [-0.2, -0.15) is 0 Å². The third-order valence-corrected chi connectivity index (χ3v) is 12.7. The molecule has 1 aliphatic heterocycles. The van der Waals surface area contributed by atoms with E-state index in [4.69, 9.17) is 9.47 Å². The molecule has 0 bridgehead atoms. The fraction of sp³-hybridized carbons (Fsp3) is 1.00. The van der Waals surface area contributed by atoms with Gasteiger partial charge in [0.15, 0.2) is 5.79 Å². The molecule has 184 valence electrons. The van der Waals surface area contributed by atoms with E-state index in [0.717, 1.165) is 61.1 Å². The molecule has 0 unspecified atom stereocenters. The summed E-state index contributed by atoms with van der Waals surface area (Å²) in [5.74, 6) is 6.01. The molecule has 1 heterocycles. The summed E-state index contributed by atoms with van der Waals surface area (Å²) in [5.41, 5.74) is 1.06. The van der Waals surface area contributed by atoms with Gasteiger partial charge in [0.1, 0.15) is 0 Å². The number of alkyl halides is 1. The molecule has 0 radical (unpaired) electrons. The van der Waals surface area contributed by atoms with E-state index in [1.807, 2.05) is 0 Å². The van der Waals surface area contributed by atoms with Gasteiger partial charge in [0.25, 0.3) is 0 Å². The molecule has 4 saturated carbocycles. The van der Waals surface area contributed by atoms with Crippen molar-refractivity contribution in [2.75, 3.05) is 13.2 Å². The number of hydrogen-bond acceptors (Lipinski definition) is 2. The number of hydrogen-bond donors (Lipinski definition) is 0. The SMILES string of the molecule is CC(C)CCC[C@@H](C)[C@H]1CC[C@H]2[C@@H]3CC[C@H]4CC5(OCCO5)[C@@H](Br)C[C@]4(C)[C@H]3CC[C@]12C. The van der Waals surface area contributed by atoms with Crippen LogP contribution in [-0.4, -0.2) is 23.8 Å². The van der Waals surface area contributed by atoms with Crippen molar-refractivity contribution in [3.63, 3.8) is 0 Å². The van der Waals surface area contributed by atoms with Crippen LogP contribution < -0.4 is 0 Å². The Balaban J connectivity index is 1.30. The van der Waals surface area contributed by atoms with Gasteiger partial charge in [-0.05, 0) is 97.2 Å². The Labute approximate surface area is 206 Å². The zero-order valence-corrected chi connectivity index (χ0v) is 23.1. The predicted octanol–water partition coefficient (Wildman–Crippen LogP) is 8.22. The summed E-state index contributed by atoms with van der Waals surface area (Å²) in [6.07, 6.45) is 15.4. The lowest BCUT2D eigenvalue weighted by Crippen LogP contribution is -2.59. The average molecular weight is 510 g/mol. The predicted molar refractivity (Wildman–Crippen MR) is 136 cm³/mol. The molecule has 32 heavy (non-hydrogen) atoms. The maximum atomic E-state index is 6.23. The monoisotopic (exact) mass is 508 g/mol. The number of fused-ring (bicyclic) bond motifs is 5. The number of halogens is 1. The summed E-state index contributed by atoms with van der Waals surface area (Å²) in [7, 11) is 0. The van der Waals surface area contributed by atoms with Gasteiger partial charge in [-0.1, -0.05) is 69.8 Å². The van der Waals surface area contributed by atoms with Gasteiger partial charge in [-0.25, -0.2) is 0 Å². The van der Waals surface area contributed by atoms with Crippen LogP contribution in [0.2, 0.25) is 0 Å². The summed E-state index contributed by atoms with van der Waals surface area (Å²) < 4.78 is 12.5. The van der Waals surface area contributed by atoms with Crippen molar-refractivity contribution in [3.05, 3.63) is 0 Å². The minimum Gasteiger partial charge on any atom is -0.346 e. The highest BCUT2D eigenvalue weighted by atomic mass is 79.9. The molecule has 0 aromatic heterocycles. The molecule has 1 spiro atoms. The highest BCUT2D eigenvalue weighted by molar-refractivity contribution is 9.09. The molecule has 2 nitrogen and oxygen atoms in total. The van der Waals surface area contributed by atoms with Crippen molar-refractivity contribution in [2.24, 2.45) is 52.3 Å². The summed E-state index contributed by atoms with van der Waals surface area (Å²) in [4.78, 5) is 0.350. The highest BCUT2D eigenvalue weighted by Crippen LogP contribution is 2.69. The van der Waals surface area contributed by atoms with Gasteiger partial charge >= 0.3 is 0 Å². The second-order valence-electron chi connectivity index (χ2n) is 13.6. The fourth-order valence-electron chi connectivity index (χ4n) is 9.99. The minimum absolute atomic E-state index is 0.329. The van der Waals surface area contributed by atoms with Gasteiger partial charge in [-0.15, -0.1) is 0 Å². The largest absolute Gasteiger partial charge is 0.346 e. The average Bonchev–Trinajstić information content (AvgIpc) is 3.34. The fourth-order valence-corrected chi connectivity index (χ4v) is 11.1. The second kappa shape index (κ2) is 8.81. The van der Waals surface area contributed by atoms with Crippen LogP contribution in [0.5, 0.6) is 0 Å². The van der Waals surface area contributed by atoms with E-state index < -0.39 is 0 Å². The molecular weight excluding hydrogens is 460 g/mol. The molecule has 5 aliphatic rings. The molecule has 0 aromatic carbocycles. The van der Waals surface area contributed by atoms with E-state index in [-0.39, 0.29) is 5.79 Å². The highest BCUT2D eigenvalue weighted by Gasteiger charge is 2.64. The van der Waals surface area contributed by atoms with Crippen molar-refractivity contribution in [1.29, 1.82) is 0 Å². The maximum absolute atomic E-state index is 6.23. The van der Waals surface area contributed by atoms with Crippen LogP contribution in [0.3, 0.4) is 0 Å². The summed E-state index contributed by atoms with van der Waals surface area (Å²) in [5, 5.41) is 0. The first-order chi connectivity index (χ1) is 15.2. The van der Waals surface area contributed by atoms with Crippen molar-refractivity contribution in [3.8, 4) is 0 Å². The lowest BCUT2D eigenvalue weighted by atomic mass is 9.44. The van der Waals surface area contributed by atoms with Crippen LogP contribution in [0.15, 0.2) is 0 Å². The van der Waals surface area contributed by atoms with Gasteiger partial charge in [0, 0.05) is 6.42 Å². The van der Waals surface area contributed by atoms with Crippen LogP contribution in [-0.2, 0) is 9.47 Å². The Bertz CT molecular complexity index is 672. The van der Waals surface area contributed by atoms with Crippen LogP contribution in [0.25, 0.3) is 0 Å². The van der Waals surface area contributed by atoms with Crippen molar-refractivity contribution in [1.82, 2.24) is 0 Å². The first-order valence-corrected chi connectivity index (χ1v) is 15.0. The minimum atomic E-state index is -0.329. The Morgan fingerprint density at radius 1 is 0.844 bits per heavy atom. The third kappa shape index (κ3) is 3.78. The maximum Gasteiger partial charge on any atom is 0.181 e. The molecule has 5 fully saturated rings. The van der Waals surface area contributed by atoms with Gasteiger partial charge in [-0.3, -0.25) is 0 Å².